The van der Waals surface area contributed by atoms with Crippen molar-refractivity contribution in [1.29, 1.82) is 0 Å². The third-order valence-corrected chi connectivity index (χ3v) is 7.62. The summed E-state index contributed by atoms with van der Waals surface area (Å²) in [6, 6.07) is 16.1. The molecule has 1 saturated heterocycles. The number of sulfonamides is 1. The number of carbonyl (C=O) groups is 1. The Kier molecular flexibility index (Phi) is 7.35. The number of nitrogens with one attached hydrogen (secondary N) is 1. The lowest BCUT2D eigenvalue weighted by Gasteiger charge is -2.26. The standard InChI is InChI=1S/C25H28N2O6S/c1-18-3-10-22(34(29,30)27-13-15-32-16-14-27)17-23(18)26-25(28)12-9-21-8-11-24(33-21)19-4-6-20(31-2)7-5-19/h3-8,10-11,17H,9,12-16H2,1-2H3,(H,26,28). The Morgan fingerprint density at radius 3 is 2.50 bits per heavy atom. The smallest absolute Gasteiger partial charge is 0.243 e. The number of aryl methyl sites for hydroxylation is 2. The first-order valence-electron chi connectivity index (χ1n) is 11.1. The molecular formula is C25H28N2O6S. The van der Waals surface area contributed by atoms with Gasteiger partial charge >= 0.3 is 0 Å². The van der Waals surface area contributed by atoms with Gasteiger partial charge in [0, 0.05) is 37.2 Å². The first kappa shape index (κ1) is 24.0. The van der Waals surface area contributed by atoms with E-state index in [0.29, 0.717) is 44.2 Å². The van der Waals surface area contributed by atoms with Crippen molar-refractivity contribution in [2.24, 2.45) is 0 Å². The van der Waals surface area contributed by atoms with Gasteiger partial charge in [0.25, 0.3) is 0 Å². The van der Waals surface area contributed by atoms with Crippen molar-refractivity contribution in [3.8, 4) is 17.1 Å². The summed E-state index contributed by atoms with van der Waals surface area (Å²) in [6.07, 6.45) is 0.627. The zero-order valence-electron chi connectivity index (χ0n) is 19.2. The molecule has 180 valence electrons. The van der Waals surface area contributed by atoms with Gasteiger partial charge in [-0.3, -0.25) is 4.79 Å². The number of morpholine rings is 1. The molecule has 0 radical (unpaired) electrons. The first-order valence-corrected chi connectivity index (χ1v) is 12.5. The van der Waals surface area contributed by atoms with Gasteiger partial charge in [-0.25, -0.2) is 8.42 Å². The number of methoxy groups -OCH3 is 1. The van der Waals surface area contributed by atoms with Crippen molar-refractivity contribution in [2.45, 2.75) is 24.7 Å². The summed E-state index contributed by atoms with van der Waals surface area (Å²) in [5.74, 6) is 1.96. The number of ether oxygens (including phenoxy) is 2. The first-order chi connectivity index (χ1) is 16.4. The van der Waals surface area contributed by atoms with Crippen molar-refractivity contribution >= 4 is 21.6 Å². The highest BCUT2D eigenvalue weighted by molar-refractivity contribution is 7.89. The highest BCUT2D eigenvalue weighted by Crippen LogP contribution is 2.26. The SMILES string of the molecule is COc1ccc(-c2ccc(CCC(=O)Nc3cc(S(=O)(=O)N4CCOCC4)ccc3C)o2)cc1. The molecule has 1 aliphatic heterocycles. The lowest BCUT2D eigenvalue weighted by Crippen LogP contribution is -2.40. The summed E-state index contributed by atoms with van der Waals surface area (Å²) in [5, 5.41) is 2.84. The minimum Gasteiger partial charge on any atom is -0.497 e. The molecule has 0 unspecified atom stereocenters. The van der Waals surface area contributed by atoms with Gasteiger partial charge in [0.2, 0.25) is 15.9 Å². The number of furan rings is 1. The molecule has 2 heterocycles. The number of anilines is 1. The van der Waals surface area contributed by atoms with Gasteiger partial charge in [0.1, 0.15) is 17.3 Å². The largest absolute Gasteiger partial charge is 0.497 e. The molecular weight excluding hydrogens is 456 g/mol. The average Bonchev–Trinajstić information content (AvgIpc) is 3.34. The molecule has 0 atom stereocenters. The maximum absolute atomic E-state index is 12.9. The molecule has 1 aromatic heterocycles. The van der Waals surface area contributed by atoms with Crippen LogP contribution in [-0.2, 0) is 26.0 Å². The molecule has 1 fully saturated rings. The predicted molar refractivity (Wildman–Crippen MR) is 128 cm³/mol. The maximum atomic E-state index is 12.9. The van der Waals surface area contributed by atoms with Crippen LogP contribution < -0.4 is 10.1 Å². The van der Waals surface area contributed by atoms with E-state index in [-0.39, 0.29) is 17.2 Å². The van der Waals surface area contributed by atoms with Crippen LogP contribution >= 0.6 is 0 Å². The summed E-state index contributed by atoms with van der Waals surface area (Å²) in [5.41, 5.74) is 2.19. The van der Waals surface area contributed by atoms with E-state index in [1.165, 1.54) is 10.4 Å². The normalized spacial score (nSPS) is 14.6. The molecule has 2 aromatic carbocycles. The highest BCUT2D eigenvalue weighted by Gasteiger charge is 2.27. The van der Waals surface area contributed by atoms with Crippen molar-refractivity contribution in [2.75, 3.05) is 38.7 Å². The predicted octanol–water partition coefficient (Wildman–Crippen LogP) is 3.86. The molecule has 0 aliphatic carbocycles. The molecule has 9 heteroatoms. The molecule has 1 N–H and O–H groups in total. The van der Waals surface area contributed by atoms with Crippen molar-refractivity contribution in [3.63, 3.8) is 0 Å². The quantitative estimate of drug-likeness (QED) is 0.522. The molecule has 8 nitrogen and oxygen atoms in total. The van der Waals surface area contributed by atoms with E-state index in [9.17, 15) is 13.2 Å². The van der Waals surface area contributed by atoms with Gasteiger partial charge in [-0.2, -0.15) is 4.31 Å². The second-order valence-corrected chi connectivity index (χ2v) is 9.97. The van der Waals surface area contributed by atoms with E-state index in [4.69, 9.17) is 13.9 Å². The van der Waals surface area contributed by atoms with E-state index < -0.39 is 10.0 Å². The second kappa shape index (κ2) is 10.4. The maximum Gasteiger partial charge on any atom is 0.243 e. The lowest BCUT2D eigenvalue weighted by atomic mass is 10.1. The van der Waals surface area contributed by atoms with Gasteiger partial charge < -0.3 is 19.2 Å². The number of benzene rings is 2. The zero-order valence-corrected chi connectivity index (χ0v) is 20.1. The number of carbonyl (C=O) groups excluding carboxylic acids is 1. The average molecular weight is 485 g/mol. The summed E-state index contributed by atoms with van der Waals surface area (Å²) in [7, 11) is -2.02. The monoisotopic (exact) mass is 484 g/mol. The van der Waals surface area contributed by atoms with Crippen LogP contribution in [0.2, 0.25) is 0 Å². The third kappa shape index (κ3) is 5.49. The molecule has 4 rings (SSSR count). The van der Waals surface area contributed by atoms with Gasteiger partial charge in [-0.1, -0.05) is 6.07 Å². The molecule has 3 aromatic rings. The van der Waals surface area contributed by atoms with Crippen molar-refractivity contribution < 1.29 is 27.1 Å². The number of hydrogen-bond acceptors (Lipinski definition) is 6. The fourth-order valence-electron chi connectivity index (χ4n) is 3.70. The molecule has 34 heavy (non-hydrogen) atoms. The fourth-order valence-corrected chi connectivity index (χ4v) is 5.14. The van der Waals surface area contributed by atoms with Gasteiger partial charge in [-0.05, 0) is 61.0 Å². The third-order valence-electron chi connectivity index (χ3n) is 5.73. The molecule has 0 saturated carbocycles. The Morgan fingerprint density at radius 2 is 1.79 bits per heavy atom. The van der Waals surface area contributed by atoms with E-state index in [0.717, 1.165) is 22.6 Å². The summed E-state index contributed by atoms with van der Waals surface area (Å²) in [6.45, 7) is 3.22. The molecule has 0 spiro atoms. The van der Waals surface area contributed by atoms with Gasteiger partial charge in [0.15, 0.2) is 0 Å². The molecule has 1 amide bonds. The topological polar surface area (TPSA) is 98.1 Å². The Morgan fingerprint density at radius 1 is 1.06 bits per heavy atom. The van der Waals surface area contributed by atoms with Crippen LogP contribution in [0, 0.1) is 6.92 Å². The van der Waals surface area contributed by atoms with Gasteiger partial charge in [-0.15, -0.1) is 0 Å². The Balaban J connectivity index is 1.38. The van der Waals surface area contributed by atoms with E-state index in [2.05, 4.69) is 5.32 Å². The summed E-state index contributed by atoms with van der Waals surface area (Å²) < 4.78 is 43.6. The number of amides is 1. The van der Waals surface area contributed by atoms with Gasteiger partial charge in [0.05, 0.1) is 25.2 Å². The number of hydrogen-bond donors (Lipinski definition) is 1. The van der Waals surface area contributed by atoms with E-state index in [1.54, 1.807) is 19.2 Å². The molecule has 0 bridgehead atoms. The minimum atomic E-state index is -3.64. The van der Waals surface area contributed by atoms with Crippen LogP contribution in [0.25, 0.3) is 11.3 Å². The Hall–Kier alpha value is -3.14. The number of nitrogens with zero attached hydrogens (tertiary/aromatic N) is 1. The lowest BCUT2D eigenvalue weighted by molar-refractivity contribution is -0.116. The van der Waals surface area contributed by atoms with Crippen molar-refractivity contribution in [3.05, 3.63) is 65.9 Å². The van der Waals surface area contributed by atoms with Crippen molar-refractivity contribution in [1.82, 2.24) is 4.31 Å². The fraction of sp³-hybridized carbons (Fsp3) is 0.320. The van der Waals surface area contributed by atoms with Crippen LogP contribution in [0.5, 0.6) is 5.75 Å². The summed E-state index contributed by atoms with van der Waals surface area (Å²) in [4.78, 5) is 12.8. The van der Waals surface area contributed by atoms with Crippen LogP contribution in [-0.4, -0.2) is 52.0 Å². The van der Waals surface area contributed by atoms with Crippen LogP contribution in [0.15, 0.2) is 63.9 Å². The second-order valence-electron chi connectivity index (χ2n) is 8.04. The van der Waals surface area contributed by atoms with Crippen LogP contribution in [0.1, 0.15) is 17.7 Å². The number of rotatable bonds is 8. The highest BCUT2D eigenvalue weighted by atomic mass is 32.2. The Bertz CT molecular complexity index is 1240. The minimum absolute atomic E-state index is 0.158. The molecule has 1 aliphatic rings. The van der Waals surface area contributed by atoms with Crippen LogP contribution in [0.4, 0.5) is 5.69 Å². The zero-order chi connectivity index (χ0) is 24.1. The van der Waals surface area contributed by atoms with Crippen LogP contribution in [0.3, 0.4) is 0 Å². The van der Waals surface area contributed by atoms with E-state index in [1.807, 2.05) is 43.3 Å². The Labute approximate surface area is 199 Å². The van der Waals surface area contributed by atoms with E-state index >= 15 is 0 Å². The summed E-state index contributed by atoms with van der Waals surface area (Å²) >= 11 is 0.